The molecule has 1 atom stereocenters. The van der Waals surface area contributed by atoms with Gasteiger partial charge in [0.1, 0.15) is 0 Å². The van der Waals surface area contributed by atoms with Crippen molar-refractivity contribution in [2.24, 2.45) is 5.92 Å². The highest BCUT2D eigenvalue weighted by atomic mass is 16.4. The number of carbonyl (C=O) groups is 2. The molecule has 2 rings (SSSR count). The fourth-order valence-electron chi connectivity index (χ4n) is 2.78. The predicted octanol–water partition coefficient (Wildman–Crippen LogP) is -0.234. The van der Waals surface area contributed by atoms with E-state index in [2.05, 4.69) is 4.90 Å². The van der Waals surface area contributed by atoms with Crippen LogP contribution in [0, 0.1) is 5.92 Å². The minimum Gasteiger partial charge on any atom is -0.481 e. The summed E-state index contributed by atoms with van der Waals surface area (Å²) in [6.45, 7) is 3.72. The summed E-state index contributed by atoms with van der Waals surface area (Å²) >= 11 is 0. The lowest BCUT2D eigenvalue weighted by Gasteiger charge is -2.29. The highest BCUT2D eigenvalue weighted by molar-refractivity contribution is 5.86. The summed E-state index contributed by atoms with van der Waals surface area (Å²) in [5.41, 5.74) is 0. The van der Waals surface area contributed by atoms with Gasteiger partial charge in [-0.3, -0.25) is 9.59 Å². The summed E-state index contributed by atoms with van der Waals surface area (Å²) in [6, 6.07) is 0. The monoisotopic (exact) mass is 270 g/mol. The molecule has 0 radical (unpaired) electrons. The van der Waals surface area contributed by atoms with Crippen LogP contribution in [-0.4, -0.2) is 70.7 Å². The predicted molar refractivity (Wildman–Crippen MR) is 68.6 cm³/mol. The van der Waals surface area contributed by atoms with Gasteiger partial charge in [0, 0.05) is 32.6 Å². The molecule has 0 aromatic carbocycles. The number of aliphatic hydroxyl groups excluding tert-OH is 1. The van der Waals surface area contributed by atoms with Gasteiger partial charge in [-0.1, -0.05) is 0 Å². The average molecular weight is 270 g/mol. The van der Waals surface area contributed by atoms with Gasteiger partial charge in [0.15, 0.2) is 0 Å². The second-order valence-electron chi connectivity index (χ2n) is 5.51. The molecule has 0 spiro atoms. The molecule has 2 N–H and O–H groups in total. The van der Waals surface area contributed by atoms with E-state index >= 15 is 0 Å². The third-order valence-corrected chi connectivity index (χ3v) is 4.02. The zero-order chi connectivity index (χ0) is 13.8. The van der Waals surface area contributed by atoms with Crippen molar-refractivity contribution >= 4 is 11.9 Å². The van der Waals surface area contributed by atoms with Gasteiger partial charge in [-0.25, -0.2) is 0 Å². The topological polar surface area (TPSA) is 81.1 Å². The van der Waals surface area contributed by atoms with Crippen molar-refractivity contribution in [2.45, 2.75) is 31.8 Å². The number of carboxylic acids is 1. The van der Waals surface area contributed by atoms with Crippen LogP contribution in [0.25, 0.3) is 0 Å². The van der Waals surface area contributed by atoms with Gasteiger partial charge >= 0.3 is 5.97 Å². The fourth-order valence-corrected chi connectivity index (χ4v) is 2.78. The molecule has 1 unspecified atom stereocenters. The molecule has 2 heterocycles. The summed E-state index contributed by atoms with van der Waals surface area (Å²) in [5.74, 6) is -1.44. The van der Waals surface area contributed by atoms with Crippen LogP contribution in [0.4, 0.5) is 0 Å². The maximum Gasteiger partial charge on any atom is 0.308 e. The number of rotatable bonds is 5. The lowest BCUT2D eigenvalue weighted by atomic mass is 10.1. The number of likely N-dealkylation sites (tertiary alicyclic amines) is 2. The Labute approximate surface area is 113 Å². The summed E-state index contributed by atoms with van der Waals surface area (Å²) in [7, 11) is 0. The summed E-state index contributed by atoms with van der Waals surface area (Å²) < 4.78 is 0. The highest BCUT2D eigenvalue weighted by Gasteiger charge is 2.33. The van der Waals surface area contributed by atoms with E-state index < -0.39 is 11.9 Å². The van der Waals surface area contributed by atoms with Crippen molar-refractivity contribution in [3.05, 3.63) is 0 Å². The molecule has 108 valence electrons. The first-order valence-corrected chi connectivity index (χ1v) is 6.97. The molecule has 0 bridgehead atoms. The summed E-state index contributed by atoms with van der Waals surface area (Å²) in [4.78, 5) is 26.4. The van der Waals surface area contributed by atoms with E-state index in [4.69, 9.17) is 5.11 Å². The Morgan fingerprint density at radius 3 is 2.53 bits per heavy atom. The Hall–Kier alpha value is -1.14. The molecular formula is C13H22N2O4. The van der Waals surface area contributed by atoms with Crippen molar-refractivity contribution in [3.63, 3.8) is 0 Å². The highest BCUT2D eigenvalue weighted by Crippen LogP contribution is 2.18. The van der Waals surface area contributed by atoms with E-state index in [1.807, 2.05) is 0 Å². The van der Waals surface area contributed by atoms with Gasteiger partial charge in [-0.05, 0) is 25.8 Å². The average Bonchev–Trinajstić information content (AvgIpc) is 2.74. The van der Waals surface area contributed by atoms with Gasteiger partial charge in [-0.2, -0.15) is 0 Å². The van der Waals surface area contributed by atoms with Crippen molar-refractivity contribution in [2.75, 3.05) is 32.7 Å². The second-order valence-corrected chi connectivity index (χ2v) is 5.51. The largest absolute Gasteiger partial charge is 0.481 e. The Kier molecular flexibility index (Phi) is 4.76. The van der Waals surface area contributed by atoms with Crippen molar-refractivity contribution < 1.29 is 19.8 Å². The summed E-state index contributed by atoms with van der Waals surface area (Å²) in [5, 5.41) is 18.3. The van der Waals surface area contributed by atoms with Crippen molar-refractivity contribution in [1.29, 1.82) is 0 Å². The number of amides is 1. The van der Waals surface area contributed by atoms with E-state index in [0.717, 1.165) is 38.9 Å². The molecule has 2 aliphatic rings. The molecule has 0 aromatic rings. The molecule has 6 heteroatoms. The van der Waals surface area contributed by atoms with Gasteiger partial charge < -0.3 is 20.0 Å². The van der Waals surface area contributed by atoms with Gasteiger partial charge in [0.25, 0.3) is 0 Å². The number of hydrogen-bond acceptors (Lipinski definition) is 4. The number of carbonyl (C=O) groups excluding carboxylic acids is 1. The molecule has 2 saturated heterocycles. The standard InChI is InChI=1S/C13H22N2O4/c16-11-2-6-14(7-3-11)4-1-5-15-9-10(13(18)19)8-12(15)17/h10-11,16H,1-9H2,(H,18,19). The van der Waals surface area contributed by atoms with Crippen LogP contribution >= 0.6 is 0 Å². The molecule has 2 fully saturated rings. The molecule has 0 saturated carbocycles. The first-order chi connectivity index (χ1) is 9.06. The number of carboxylic acid groups (broad SMARTS) is 1. The molecule has 0 aromatic heterocycles. The van der Waals surface area contributed by atoms with E-state index in [1.54, 1.807) is 4.90 Å². The number of aliphatic carboxylic acids is 1. The maximum absolute atomic E-state index is 11.6. The van der Waals surface area contributed by atoms with Crippen LogP contribution in [-0.2, 0) is 9.59 Å². The number of hydrogen-bond donors (Lipinski definition) is 2. The zero-order valence-electron chi connectivity index (χ0n) is 11.1. The zero-order valence-corrected chi connectivity index (χ0v) is 11.1. The summed E-state index contributed by atoms with van der Waals surface area (Å²) in [6.07, 6.45) is 2.50. The lowest BCUT2D eigenvalue weighted by Crippen LogP contribution is -2.38. The van der Waals surface area contributed by atoms with Gasteiger partial charge in [0.2, 0.25) is 5.91 Å². The van der Waals surface area contributed by atoms with Crippen LogP contribution in [0.2, 0.25) is 0 Å². The Bertz CT molecular complexity index is 340. The number of piperidine rings is 1. The van der Waals surface area contributed by atoms with Gasteiger partial charge in [0.05, 0.1) is 12.0 Å². The molecule has 19 heavy (non-hydrogen) atoms. The van der Waals surface area contributed by atoms with Gasteiger partial charge in [-0.15, -0.1) is 0 Å². The molecular weight excluding hydrogens is 248 g/mol. The number of aliphatic hydroxyl groups is 1. The molecule has 6 nitrogen and oxygen atoms in total. The molecule has 2 aliphatic heterocycles. The first kappa shape index (κ1) is 14.3. The van der Waals surface area contributed by atoms with Crippen LogP contribution < -0.4 is 0 Å². The van der Waals surface area contributed by atoms with E-state index in [1.165, 1.54) is 0 Å². The third-order valence-electron chi connectivity index (χ3n) is 4.02. The molecule has 0 aliphatic carbocycles. The normalized spacial score (nSPS) is 26.1. The Balaban J connectivity index is 1.66. The Morgan fingerprint density at radius 2 is 1.95 bits per heavy atom. The Morgan fingerprint density at radius 1 is 1.26 bits per heavy atom. The maximum atomic E-state index is 11.6. The smallest absolute Gasteiger partial charge is 0.308 e. The second kappa shape index (κ2) is 6.34. The van der Waals surface area contributed by atoms with Crippen molar-refractivity contribution in [1.82, 2.24) is 9.80 Å². The quantitative estimate of drug-likeness (QED) is 0.721. The van der Waals surface area contributed by atoms with Crippen LogP contribution in [0.15, 0.2) is 0 Å². The number of nitrogens with zero attached hydrogens (tertiary/aromatic N) is 2. The van der Waals surface area contributed by atoms with E-state index in [0.29, 0.717) is 13.1 Å². The van der Waals surface area contributed by atoms with Crippen LogP contribution in [0.3, 0.4) is 0 Å². The first-order valence-electron chi connectivity index (χ1n) is 6.97. The molecule has 1 amide bonds. The van der Waals surface area contributed by atoms with Crippen molar-refractivity contribution in [3.8, 4) is 0 Å². The fraction of sp³-hybridized carbons (Fsp3) is 0.846. The van der Waals surface area contributed by atoms with Crippen LogP contribution in [0.1, 0.15) is 25.7 Å². The lowest BCUT2D eigenvalue weighted by molar-refractivity contribution is -0.141. The minimum absolute atomic E-state index is 0.0403. The van der Waals surface area contributed by atoms with Crippen LogP contribution in [0.5, 0.6) is 0 Å². The van der Waals surface area contributed by atoms with E-state index in [9.17, 15) is 14.7 Å². The minimum atomic E-state index is -0.874. The third kappa shape index (κ3) is 3.91. The SMILES string of the molecule is O=C(O)C1CC(=O)N(CCCN2CCC(O)CC2)C1. The van der Waals surface area contributed by atoms with E-state index in [-0.39, 0.29) is 18.4 Å².